The Balaban J connectivity index is 2.20. The first-order valence-electron chi connectivity index (χ1n) is 6.43. The van der Waals surface area contributed by atoms with Gasteiger partial charge in [0.15, 0.2) is 6.61 Å². The number of nitrogens with one attached hydrogen (secondary N) is 2. The van der Waals surface area contributed by atoms with Crippen molar-refractivity contribution in [2.24, 2.45) is 0 Å². The van der Waals surface area contributed by atoms with E-state index in [9.17, 15) is 14.4 Å². The number of amides is 2. The fourth-order valence-electron chi connectivity index (χ4n) is 1.53. The molecule has 0 aromatic heterocycles. The summed E-state index contributed by atoms with van der Waals surface area (Å²) in [6.07, 6.45) is -0.170. The minimum atomic E-state index is -0.997. The third-order valence-corrected chi connectivity index (χ3v) is 2.45. The smallest absolute Gasteiger partial charge is 0.305 e. The van der Waals surface area contributed by atoms with Crippen molar-refractivity contribution in [2.75, 3.05) is 13.2 Å². The summed E-state index contributed by atoms with van der Waals surface area (Å²) in [6, 6.07) is 8.33. The minimum absolute atomic E-state index is 0.170. The molecule has 7 nitrogen and oxygen atoms in total. The highest BCUT2D eigenvalue weighted by atomic mass is 16.5. The second kappa shape index (κ2) is 8.57. The van der Waals surface area contributed by atoms with Crippen LogP contribution in [0.4, 0.5) is 0 Å². The van der Waals surface area contributed by atoms with Gasteiger partial charge in [-0.3, -0.25) is 14.4 Å². The molecule has 2 amide bonds. The predicted molar refractivity (Wildman–Crippen MR) is 74.8 cm³/mol. The average molecular weight is 294 g/mol. The predicted octanol–water partition coefficient (Wildman–Crippen LogP) is 0.161. The lowest BCUT2D eigenvalue weighted by Crippen LogP contribution is -2.42. The highest BCUT2D eigenvalue weighted by Gasteiger charge is 2.11. The number of benzene rings is 1. The minimum Gasteiger partial charge on any atom is -0.484 e. The van der Waals surface area contributed by atoms with Crippen LogP contribution in [-0.4, -0.2) is 42.1 Å². The zero-order valence-electron chi connectivity index (χ0n) is 11.7. The maximum absolute atomic E-state index is 11.5. The van der Waals surface area contributed by atoms with Crippen LogP contribution >= 0.6 is 0 Å². The topological polar surface area (TPSA) is 105 Å². The van der Waals surface area contributed by atoms with Crippen LogP contribution in [-0.2, 0) is 14.4 Å². The second-order valence-electron chi connectivity index (χ2n) is 4.44. The Bertz CT molecular complexity index is 489. The molecule has 0 spiro atoms. The monoisotopic (exact) mass is 294 g/mol. The fraction of sp³-hybridized carbons (Fsp3) is 0.357. The van der Waals surface area contributed by atoms with Gasteiger partial charge in [-0.15, -0.1) is 0 Å². The van der Waals surface area contributed by atoms with Gasteiger partial charge in [0.25, 0.3) is 5.91 Å². The van der Waals surface area contributed by atoms with E-state index in [0.29, 0.717) is 5.75 Å². The van der Waals surface area contributed by atoms with E-state index in [4.69, 9.17) is 9.84 Å². The number of carbonyl (C=O) groups is 3. The van der Waals surface area contributed by atoms with Crippen LogP contribution < -0.4 is 15.4 Å². The van der Waals surface area contributed by atoms with Gasteiger partial charge in [-0.1, -0.05) is 18.2 Å². The Morgan fingerprint density at radius 2 is 1.86 bits per heavy atom. The molecule has 1 rings (SSSR count). The third-order valence-electron chi connectivity index (χ3n) is 2.45. The zero-order valence-corrected chi connectivity index (χ0v) is 11.7. The van der Waals surface area contributed by atoms with Crippen molar-refractivity contribution in [1.82, 2.24) is 10.6 Å². The average Bonchev–Trinajstić information content (AvgIpc) is 2.43. The summed E-state index contributed by atoms with van der Waals surface area (Å²) in [6.45, 7) is 1.16. The molecule has 0 saturated carbocycles. The van der Waals surface area contributed by atoms with Gasteiger partial charge >= 0.3 is 5.97 Å². The first-order valence-corrected chi connectivity index (χ1v) is 6.43. The molecule has 1 atom stereocenters. The van der Waals surface area contributed by atoms with Gasteiger partial charge in [0.2, 0.25) is 5.91 Å². The van der Waals surface area contributed by atoms with Gasteiger partial charge in [-0.2, -0.15) is 0 Å². The molecule has 1 aromatic carbocycles. The van der Waals surface area contributed by atoms with Crippen molar-refractivity contribution >= 4 is 17.8 Å². The Morgan fingerprint density at radius 3 is 2.48 bits per heavy atom. The molecule has 0 aliphatic heterocycles. The molecule has 0 aliphatic rings. The van der Waals surface area contributed by atoms with E-state index in [1.807, 2.05) is 6.07 Å². The Labute approximate surface area is 122 Å². The maximum atomic E-state index is 11.5. The van der Waals surface area contributed by atoms with Crippen LogP contribution in [0, 0.1) is 0 Å². The first-order chi connectivity index (χ1) is 9.97. The quantitative estimate of drug-likeness (QED) is 0.633. The number of hydrogen-bond donors (Lipinski definition) is 3. The highest BCUT2D eigenvalue weighted by Crippen LogP contribution is 2.07. The van der Waals surface area contributed by atoms with Gasteiger partial charge in [0.05, 0.1) is 13.0 Å². The molecule has 0 fully saturated rings. The standard InChI is InChI=1S/C14H18N2O5/c1-10(7-14(19)20)16-12(17)8-15-13(18)9-21-11-5-3-2-4-6-11/h2-6,10H,7-9H2,1H3,(H,15,18)(H,16,17)(H,19,20). The van der Waals surface area contributed by atoms with Gasteiger partial charge < -0.3 is 20.5 Å². The number of para-hydroxylation sites is 1. The number of carbonyl (C=O) groups excluding carboxylic acids is 2. The molecule has 3 N–H and O–H groups in total. The summed E-state index contributed by atoms with van der Waals surface area (Å²) < 4.78 is 5.21. The number of rotatable bonds is 8. The van der Waals surface area contributed by atoms with Crippen molar-refractivity contribution in [3.05, 3.63) is 30.3 Å². The van der Waals surface area contributed by atoms with E-state index in [-0.39, 0.29) is 19.6 Å². The first kappa shape index (κ1) is 16.5. The van der Waals surface area contributed by atoms with Crippen LogP contribution in [0.5, 0.6) is 5.75 Å². The highest BCUT2D eigenvalue weighted by molar-refractivity contribution is 5.85. The molecule has 0 radical (unpaired) electrons. The summed E-state index contributed by atoms with van der Waals surface area (Å²) >= 11 is 0. The summed E-state index contributed by atoms with van der Waals surface area (Å²) in [7, 11) is 0. The van der Waals surface area contributed by atoms with E-state index >= 15 is 0 Å². The van der Waals surface area contributed by atoms with Gasteiger partial charge in [0, 0.05) is 6.04 Å². The number of carboxylic acid groups (broad SMARTS) is 1. The van der Waals surface area contributed by atoms with Crippen molar-refractivity contribution in [3.8, 4) is 5.75 Å². The molecule has 1 unspecified atom stereocenters. The normalized spacial score (nSPS) is 11.3. The van der Waals surface area contributed by atoms with Crippen LogP contribution in [0.3, 0.4) is 0 Å². The summed E-state index contributed by atoms with van der Waals surface area (Å²) in [5.41, 5.74) is 0. The van der Waals surface area contributed by atoms with E-state index < -0.39 is 23.8 Å². The molecular weight excluding hydrogens is 276 g/mol. The summed E-state index contributed by atoms with van der Waals surface area (Å²) in [5, 5.41) is 13.4. The van der Waals surface area contributed by atoms with E-state index in [1.165, 1.54) is 0 Å². The van der Waals surface area contributed by atoms with Crippen molar-refractivity contribution in [2.45, 2.75) is 19.4 Å². The molecule has 0 saturated heterocycles. The molecule has 0 aliphatic carbocycles. The molecule has 0 heterocycles. The van der Waals surface area contributed by atoms with Gasteiger partial charge in [0.1, 0.15) is 5.75 Å². The second-order valence-corrected chi connectivity index (χ2v) is 4.44. The molecule has 21 heavy (non-hydrogen) atoms. The van der Waals surface area contributed by atoms with E-state index in [0.717, 1.165) is 0 Å². The largest absolute Gasteiger partial charge is 0.484 e. The van der Waals surface area contributed by atoms with Crippen LogP contribution in [0.2, 0.25) is 0 Å². The van der Waals surface area contributed by atoms with Crippen molar-refractivity contribution in [1.29, 1.82) is 0 Å². The lowest BCUT2D eigenvalue weighted by molar-refractivity contribution is -0.137. The van der Waals surface area contributed by atoms with Crippen LogP contribution in [0.1, 0.15) is 13.3 Å². The third kappa shape index (κ3) is 7.56. The number of carboxylic acids is 1. The molecule has 0 bridgehead atoms. The Hall–Kier alpha value is -2.57. The molecule has 114 valence electrons. The zero-order chi connectivity index (χ0) is 15.7. The van der Waals surface area contributed by atoms with E-state index in [2.05, 4.69) is 10.6 Å². The van der Waals surface area contributed by atoms with Crippen LogP contribution in [0.25, 0.3) is 0 Å². The molecular formula is C14H18N2O5. The van der Waals surface area contributed by atoms with Gasteiger partial charge in [-0.25, -0.2) is 0 Å². The Kier molecular flexibility index (Phi) is 6.73. The SMILES string of the molecule is CC(CC(=O)O)NC(=O)CNC(=O)COc1ccccc1. The molecule has 1 aromatic rings. The van der Waals surface area contributed by atoms with Crippen LogP contribution in [0.15, 0.2) is 30.3 Å². The number of ether oxygens (including phenoxy) is 1. The fourth-order valence-corrected chi connectivity index (χ4v) is 1.53. The summed E-state index contributed by atoms with van der Waals surface area (Å²) in [4.78, 5) is 33.4. The lowest BCUT2D eigenvalue weighted by Gasteiger charge is -2.12. The molecule has 7 heteroatoms. The van der Waals surface area contributed by atoms with Gasteiger partial charge in [-0.05, 0) is 19.1 Å². The number of aliphatic carboxylic acids is 1. The Morgan fingerprint density at radius 1 is 1.19 bits per heavy atom. The van der Waals surface area contributed by atoms with Crippen molar-refractivity contribution in [3.63, 3.8) is 0 Å². The lowest BCUT2D eigenvalue weighted by atomic mass is 10.2. The van der Waals surface area contributed by atoms with E-state index in [1.54, 1.807) is 31.2 Å². The van der Waals surface area contributed by atoms with Crippen molar-refractivity contribution < 1.29 is 24.2 Å². The number of hydrogen-bond acceptors (Lipinski definition) is 4. The summed E-state index contributed by atoms with van der Waals surface area (Å²) in [5.74, 6) is -1.31. The maximum Gasteiger partial charge on any atom is 0.305 e.